The fraction of sp³-hybridized carbons (Fsp3) is 0.611. The van der Waals surface area contributed by atoms with Gasteiger partial charge in [0.1, 0.15) is 11.9 Å². The number of pyridine rings is 1. The van der Waals surface area contributed by atoms with Crippen molar-refractivity contribution in [3.63, 3.8) is 0 Å². The van der Waals surface area contributed by atoms with Crippen molar-refractivity contribution in [3.8, 4) is 5.75 Å². The highest BCUT2D eigenvalue weighted by Crippen LogP contribution is 2.38. The van der Waals surface area contributed by atoms with E-state index in [-0.39, 0.29) is 6.10 Å². The summed E-state index contributed by atoms with van der Waals surface area (Å²) in [6, 6.07) is 3.96. The minimum absolute atomic E-state index is 0.195. The van der Waals surface area contributed by atoms with Crippen LogP contribution in [0.2, 0.25) is 0 Å². The number of likely N-dealkylation sites (tertiary alicyclic amines) is 1. The van der Waals surface area contributed by atoms with E-state index >= 15 is 0 Å². The van der Waals surface area contributed by atoms with E-state index in [1.54, 1.807) is 0 Å². The van der Waals surface area contributed by atoms with E-state index in [0.717, 1.165) is 49.2 Å². The number of hydrogen-bond acceptors (Lipinski definition) is 7. The summed E-state index contributed by atoms with van der Waals surface area (Å²) in [5, 5.41) is 4.09. The van der Waals surface area contributed by atoms with Crippen molar-refractivity contribution in [2.45, 2.75) is 44.4 Å². The van der Waals surface area contributed by atoms with Gasteiger partial charge in [-0.1, -0.05) is 5.16 Å². The fourth-order valence-electron chi connectivity index (χ4n) is 3.20. The van der Waals surface area contributed by atoms with Crippen LogP contribution in [0.25, 0.3) is 0 Å². The SMILES string of the molecule is CN(C)Cc1cc(OC2CCN(Cc3nc(C4CC4)no3)C2)ccn1. The summed E-state index contributed by atoms with van der Waals surface area (Å²) in [5.41, 5.74) is 1.02. The molecule has 0 N–H and O–H groups in total. The maximum Gasteiger partial charge on any atom is 0.240 e. The van der Waals surface area contributed by atoms with Crippen molar-refractivity contribution in [2.24, 2.45) is 0 Å². The molecule has 0 amide bonds. The molecule has 1 saturated carbocycles. The number of rotatable bonds is 7. The van der Waals surface area contributed by atoms with Crippen molar-refractivity contribution < 1.29 is 9.26 Å². The zero-order valence-electron chi connectivity index (χ0n) is 14.9. The van der Waals surface area contributed by atoms with Gasteiger partial charge in [0.25, 0.3) is 0 Å². The molecule has 25 heavy (non-hydrogen) atoms. The molecule has 1 atom stereocenters. The van der Waals surface area contributed by atoms with Crippen LogP contribution in [-0.4, -0.2) is 58.2 Å². The van der Waals surface area contributed by atoms with Gasteiger partial charge in [0, 0.05) is 37.8 Å². The molecule has 134 valence electrons. The molecule has 7 nitrogen and oxygen atoms in total. The molecule has 1 unspecified atom stereocenters. The van der Waals surface area contributed by atoms with Crippen LogP contribution in [0, 0.1) is 0 Å². The summed E-state index contributed by atoms with van der Waals surface area (Å²) in [6.45, 7) is 3.39. The predicted molar refractivity (Wildman–Crippen MR) is 92.2 cm³/mol. The highest BCUT2D eigenvalue weighted by Gasteiger charge is 2.30. The first-order valence-corrected chi connectivity index (χ1v) is 8.97. The average molecular weight is 343 g/mol. The van der Waals surface area contributed by atoms with Gasteiger partial charge in [-0.25, -0.2) is 0 Å². The highest BCUT2D eigenvalue weighted by molar-refractivity contribution is 5.23. The summed E-state index contributed by atoms with van der Waals surface area (Å²) in [6.07, 6.45) is 5.41. The molecule has 0 radical (unpaired) electrons. The van der Waals surface area contributed by atoms with Crippen molar-refractivity contribution in [1.29, 1.82) is 0 Å². The minimum Gasteiger partial charge on any atom is -0.489 e. The Morgan fingerprint density at radius 1 is 1.32 bits per heavy atom. The van der Waals surface area contributed by atoms with Crippen LogP contribution in [0.5, 0.6) is 5.75 Å². The first-order chi connectivity index (χ1) is 12.2. The lowest BCUT2D eigenvalue weighted by Gasteiger charge is -2.16. The summed E-state index contributed by atoms with van der Waals surface area (Å²) in [7, 11) is 4.08. The normalized spacial score (nSPS) is 21.2. The molecule has 1 aliphatic heterocycles. The summed E-state index contributed by atoms with van der Waals surface area (Å²) in [4.78, 5) is 13.3. The van der Waals surface area contributed by atoms with Crippen LogP contribution in [0.4, 0.5) is 0 Å². The number of hydrogen-bond donors (Lipinski definition) is 0. The molecule has 3 heterocycles. The molecular formula is C18H25N5O2. The van der Waals surface area contributed by atoms with Gasteiger partial charge in [-0.3, -0.25) is 9.88 Å². The molecule has 1 aliphatic carbocycles. The van der Waals surface area contributed by atoms with Gasteiger partial charge in [-0.05, 0) is 39.4 Å². The first-order valence-electron chi connectivity index (χ1n) is 8.97. The van der Waals surface area contributed by atoms with Gasteiger partial charge >= 0.3 is 0 Å². The van der Waals surface area contributed by atoms with Crippen molar-refractivity contribution >= 4 is 0 Å². The molecule has 2 fully saturated rings. The van der Waals surface area contributed by atoms with Gasteiger partial charge in [0.15, 0.2) is 5.82 Å². The van der Waals surface area contributed by atoms with E-state index in [0.29, 0.717) is 12.5 Å². The molecular weight excluding hydrogens is 318 g/mol. The Morgan fingerprint density at radius 3 is 3.00 bits per heavy atom. The summed E-state index contributed by atoms with van der Waals surface area (Å²) < 4.78 is 11.5. The molecule has 1 saturated heterocycles. The third-order valence-corrected chi connectivity index (χ3v) is 4.58. The third kappa shape index (κ3) is 4.35. The predicted octanol–water partition coefficient (Wildman–Crippen LogP) is 2.06. The smallest absolute Gasteiger partial charge is 0.240 e. The zero-order valence-corrected chi connectivity index (χ0v) is 14.9. The molecule has 2 aromatic rings. The van der Waals surface area contributed by atoms with Crippen molar-refractivity contribution in [3.05, 3.63) is 35.7 Å². The number of ether oxygens (including phenoxy) is 1. The average Bonchev–Trinajstić information content (AvgIpc) is 3.17. The molecule has 0 aromatic carbocycles. The summed E-state index contributed by atoms with van der Waals surface area (Å²) in [5.74, 6) is 3.04. The maximum atomic E-state index is 6.15. The second-order valence-electron chi connectivity index (χ2n) is 7.30. The van der Waals surface area contributed by atoms with Gasteiger partial charge in [-0.15, -0.1) is 0 Å². The van der Waals surface area contributed by atoms with Crippen molar-refractivity contribution in [2.75, 3.05) is 27.2 Å². The van der Waals surface area contributed by atoms with Crippen molar-refractivity contribution in [1.82, 2.24) is 24.9 Å². The van der Waals surface area contributed by atoms with E-state index in [2.05, 4.69) is 24.9 Å². The van der Waals surface area contributed by atoms with Crippen LogP contribution >= 0.6 is 0 Å². The second kappa shape index (κ2) is 7.09. The van der Waals surface area contributed by atoms with Gasteiger partial charge in [0.2, 0.25) is 5.89 Å². The number of aromatic nitrogens is 3. The molecule has 2 aliphatic rings. The van der Waals surface area contributed by atoms with Gasteiger partial charge < -0.3 is 14.2 Å². The Hall–Kier alpha value is -1.99. The first kappa shape index (κ1) is 16.5. The van der Waals surface area contributed by atoms with E-state index in [1.807, 2.05) is 32.4 Å². The quantitative estimate of drug-likeness (QED) is 0.762. The van der Waals surface area contributed by atoms with Crippen LogP contribution in [0.1, 0.15) is 42.6 Å². The molecule has 0 bridgehead atoms. The molecule has 0 spiro atoms. The lowest BCUT2D eigenvalue weighted by atomic mass is 10.3. The van der Waals surface area contributed by atoms with E-state index in [4.69, 9.17) is 9.26 Å². The van der Waals surface area contributed by atoms with Gasteiger partial charge in [-0.2, -0.15) is 4.98 Å². The lowest BCUT2D eigenvalue weighted by molar-refractivity contribution is 0.190. The topological polar surface area (TPSA) is 67.5 Å². The maximum absolute atomic E-state index is 6.15. The van der Waals surface area contributed by atoms with Crippen LogP contribution < -0.4 is 4.74 Å². The Balaban J connectivity index is 1.29. The fourth-order valence-corrected chi connectivity index (χ4v) is 3.20. The summed E-state index contributed by atoms with van der Waals surface area (Å²) >= 11 is 0. The largest absolute Gasteiger partial charge is 0.489 e. The molecule has 4 rings (SSSR count). The van der Waals surface area contributed by atoms with E-state index in [1.165, 1.54) is 12.8 Å². The zero-order chi connectivity index (χ0) is 17.2. The van der Waals surface area contributed by atoms with E-state index in [9.17, 15) is 0 Å². The Kier molecular flexibility index (Phi) is 4.67. The third-order valence-electron chi connectivity index (χ3n) is 4.58. The molecule has 7 heteroatoms. The van der Waals surface area contributed by atoms with Gasteiger partial charge in [0.05, 0.1) is 12.2 Å². The standard InChI is InChI=1S/C18H25N5O2/c1-22(2)10-14-9-15(5-7-19-14)24-16-6-8-23(11-16)12-17-20-18(21-25-17)13-3-4-13/h5,7,9,13,16H,3-4,6,8,10-12H2,1-2H3. The number of nitrogens with zero attached hydrogens (tertiary/aromatic N) is 5. The molecule has 2 aromatic heterocycles. The highest BCUT2D eigenvalue weighted by atomic mass is 16.5. The van der Waals surface area contributed by atoms with Crippen LogP contribution in [0.15, 0.2) is 22.9 Å². The second-order valence-corrected chi connectivity index (χ2v) is 7.30. The lowest BCUT2D eigenvalue weighted by Crippen LogP contribution is -2.24. The van der Waals surface area contributed by atoms with E-state index < -0.39 is 0 Å². The van der Waals surface area contributed by atoms with Crippen LogP contribution in [-0.2, 0) is 13.1 Å². The Bertz CT molecular complexity index is 713. The minimum atomic E-state index is 0.195. The monoisotopic (exact) mass is 343 g/mol. The van der Waals surface area contributed by atoms with Crippen LogP contribution in [0.3, 0.4) is 0 Å². The Labute approximate surface area is 148 Å². The Morgan fingerprint density at radius 2 is 2.20 bits per heavy atom.